The molecule has 2 aromatic rings. The van der Waals surface area contributed by atoms with Gasteiger partial charge in [-0.1, -0.05) is 40.2 Å². The number of piperazine rings is 1. The molecular formula is C22H27BrN2O6. The second kappa shape index (κ2) is 12.3. The molecule has 1 saturated heterocycles. The summed E-state index contributed by atoms with van der Waals surface area (Å²) < 4.78 is 12.1. The number of carboxylic acids is 2. The highest BCUT2D eigenvalue weighted by molar-refractivity contribution is 9.10. The first kappa shape index (κ1) is 24.6. The van der Waals surface area contributed by atoms with Gasteiger partial charge < -0.3 is 19.7 Å². The zero-order valence-corrected chi connectivity index (χ0v) is 19.2. The highest BCUT2D eigenvalue weighted by Gasteiger charge is 2.19. The highest BCUT2D eigenvalue weighted by Crippen LogP contribution is 2.31. The van der Waals surface area contributed by atoms with Crippen LogP contribution in [0.1, 0.15) is 11.1 Å². The highest BCUT2D eigenvalue weighted by atomic mass is 79.9. The van der Waals surface area contributed by atoms with Gasteiger partial charge in [0.05, 0.1) is 14.2 Å². The van der Waals surface area contributed by atoms with E-state index in [0.717, 1.165) is 55.2 Å². The number of nitrogens with zero attached hydrogens (tertiary/aromatic N) is 2. The van der Waals surface area contributed by atoms with Gasteiger partial charge in [0.25, 0.3) is 0 Å². The van der Waals surface area contributed by atoms with E-state index < -0.39 is 11.9 Å². The zero-order valence-electron chi connectivity index (χ0n) is 17.6. The summed E-state index contributed by atoms with van der Waals surface area (Å²) in [6, 6.07) is 14.7. The summed E-state index contributed by atoms with van der Waals surface area (Å²) in [5.74, 6) is -2.00. The number of benzene rings is 2. The number of hydrogen-bond acceptors (Lipinski definition) is 6. The van der Waals surface area contributed by atoms with E-state index in [-0.39, 0.29) is 0 Å². The number of hydrogen-bond donors (Lipinski definition) is 2. The molecule has 3 rings (SSSR count). The van der Waals surface area contributed by atoms with Crippen molar-refractivity contribution in [1.82, 2.24) is 9.80 Å². The van der Waals surface area contributed by atoms with Gasteiger partial charge in [0.1, 0.15) is 0 Å². The standard InChI is InChI=1S/C20H25BrN2O2.C2H2O4/c1-24-19-8-4-6-17(20(19)25-2)15-23-11-9-22(10-12-23)14-16-5-3-7-18(21)13-16;3-1(4)2(5)6/h3-8,13H,9-12,14-15H2,1-2H3;(H,3,4)(H,5,6). The van der Waals surface area contributed by atoms with E-state index in [9.17, 15) is 0 Å². The Morgan fingerprint density at radius 1 is 0.903 bits per heavy atom. The Bertz CT molecular complexity index is 872. The molecule has 0 aliphatic carbocycles. The Kier molecular flexibility index (Phi) is 9.77. The molecule has 2 aromatic carbocycles. The number of para-hydroxylation sites is 1. The molecule has 168 valence electrons. The summed E-state index contributed by atoms with van der Waals surface area (Å²) in [6.45, 7) is 6.20. The summed E-state index contributed by atoms with van der Waals surface area (Å²) in [5.41, 5.74) is 2.54. The summed E-state index contributed by atoms with van der Waals surface area (Å²) in [7, 11) is 3.39. The van der Waals surface area contributed by atoms with Gasteiger partial charge in [-0.2, -0.15) is 0 Å². The van der Waals surface area contributed by atoms with Crippen LogP contribution < -0.4 is 9.47 Å². The van der Waals surface area contributed by atoms with E-state index >= 15 is 0 Å². The van der Waals surface area contributed by atoms with Gasteiger partial charge in [-0.3, -0.25) is 9.80 Å². The van der Waals surface area contributed by atoms with Crippen LogP contribution in [-0.2, 0) is 22.7 Å². The number of methoxy groups -OCH3 is 2. The fourth-order valence-corrected chi connectivity index (χ4v) is 3.76. The van der Waals surface area contributed by atoms with E-state index in [1.807, 2.05) is 12.1 Å². The number of ether oxygens (including phenoxy) is 2. The first-order chi connectivity index (χ1) is 14.8. The topological polar surface area (TPSA) is 99.5 Å². The molecule has 1 heterocycles. The maximum atomic E-state index is 9.10. The van der Waals surface area contributed by atoms with Crippen molar-refractivity contribution in [3.8, 4) is 11.5 Å². The van der Waals surface area contributed by atoms with Crippen LogP contribution in [0.15, 0.2) is 46.9 Å². The summed E-state index contributed by atoms with van der Waals surface area (Å²) in [5, 5.41) is 14.8. The molecule has 0 saturated carbocycles. The minimum Gasteiger partial charge on any atom is -0.493 e. The van der Waals surface area contributed by atoms with E-state index in [1.165, 1.54) is 11.1 Å². The van der Waals surface area contributed by atoms with Gasteiger partial charge in [0, 0.05) is 49.3 Å². The van der Waals surface area contributed by atoms with Crippen LogP contribution in [0.4, 0.5) is 0 Å². The molecule has 0 unspecified atom stereocenters. The Morgan fingerprint density at radius 3 is 2.00 bits per heavy atom. The summed E-state index contributed by atoms with van der Waals surface area (Å²) >= 11 is 3.55. The summed E-state index contributed by atoms with van der Waals surface area (Å²) in [4.78, 5) is 23.2. The smallest absolute Gasteiger partial charge is 0.414 e. The second-order valence-corrected chi connectivity index (χ2v) is 7.86. The molecule has 0 atom stereocenters. The molecule has 1 fully saturated rings. The van der Waals surface area contributed by atoms with Crippen molar-refractivity contribution in [3.05, 3.63) is 58.1 Å². The molecule has 1 aliphatic rings. The third-order valence-electron chi connectivity index (χ3n) is 4.82. The van der Waals surface area contributed by atoms with Crippen LogP contribution in [0.5, 0.6) is 11.5 Å². The van der Waals surface area contributed by atoms with Gasteiger partial charge >= 0.3 is 11.9 Å². The first-order valence-corrected chi connectivity index (χ1v) is 10.5. The van der Waals surface area contributed by atoms with Crippen molar-refractivity contribution in [2.75, 3.05) is 40.4 Å². The lowest BCUT2D eigenvalue weighted by molar-refractivity contribution is -0.159. The monoisotopic (exact) mass is 494 g/mol. The van der Waals surface area contributed by atoms with Crippen molar-refractivity contribution >= 4 is 27.9 Å². The van der Waals surface area contributed by atoms with Gasteiger partial charge in [-0.25, -0.2) is 9.59 Å². The summed E-state index contributed by atoms with van der Waals surface area (Å²) in [6.07, 6.45) is 0. The van der Waals surface area contributed by atoms with Crippen molar-refractivity contribution in [3.63, 3.8) is 0 Å². The van der Waals surface area contributed by atoms with E-state index in [0.29, 0.717) is 0 Å². The molecule has 0 spiro atoms. The molecule has 2 N–H and O–H groups in total. The quantitative estimate of drug-likeness (QED) is 0.591. The maximum Gasteiger partial charge on any atom is 0.414 e. The van der Waals surface area contributed by atoms with Gasteiger partial charge in [-0.15, -0.1) is 0 Å². The fourth-order valence-electron chi connectivity index (χ4n) is 3.32. The lowest BCUT2D eigenvalue weighted by Gasteiger charge is -2.35. The third kappa shape index (κ3) is 7.86. The van der Waals surface area contributed by atoms with Crippen LogP contribution in [-0.4, -0.2) is 72.4 Å². The lowest BCUT2D eigenvalue weighted by atomic mass is 10.1. The molecule has 0 radical (unpaired) electrons. The molecule has 0 bridgehead atoms. The molecule has 9 heteroatoms. The van der Waals surface area contributed by atoms with Crippen molar-refractivity contribution in [2.24, 2.45) is 0 Å². The minimum absolute atomic E-state index is 0.799. The maximum absolute atomic E-state index is 9.10. The van der Waals surface area contributed by atoms with Crippen LogP contribution in [0.3, 0.4) is 0 Å². The Labute approximate surface area is 190 Å². The zero-order chi connectivity index (χ0) is 22.8. The van der Waals surface area contributed by atoms with Crippen molar-refractivity contribution in [2.45, 2.75) is 13.1 Å². The van der Waals surface area contributed by atoms with Gasteiger partial charge in [-0.05, 0) is 23.8 Å². The Hall–Kier alpha value is -2.62. The van der Waals surface area contributed by atoms with Gasteiger partial charge in [0.2, 0.25) is 0 Å². The minimum atomic E-state index is -1.82. The van der Waals surface area contributed by atoms with Crippen LogP contribution >= 0.6 is 15.9 Å². The van der Waals surface area contributed by atoms with Crippen LogP contribution in [0.25, 0.3) is 0 Å². The third-order valence-corrected chi connectivity index (χ3v) is 5.31. The number of halogens is 1. The number of rotatable bonds is 6. The SMILES string of the molecule is COc1cccc(CN2CCN(Cc3cccc(Br)c3)CC2)c1OC.O=C(O)C(=O)O. The Balaban J connectivity index is 0.000000501. The lowest BCUT2D eigenvalue weighted by Crippen LogP contribution is -2.45. The number of aliphatic carboxylic acids is 2. The molecule has 1 aliphatic heterocycles. The first-order valence-electron chi connectivity index (χ1n) is 9.69. The van der Waals surface area contributed by atoms with E-state index in [1.54, 1.807) is 14.2 Å². The van der Waals surface area contributed by atoms with E-state index in [4.69, 9.17) is 29.3 Å². The molecule has 0 aromatic heterocycles. The van der Waals surface area contributed by atoms with Crippen LogP contribution in [0, 0.1) is 0 Å². The van der Waals surface area contributed by atoms with Crippen molar-refractivity contribution in [1.29, 1.82) is 0 Å². The average Bonchev–Trinajstić information content (AvgIpc) is 2.75. The normalized spacial score (nSPS) is 14.3. The second-order valence-electron chi connectivity index (χ2n) is 6.95. The predicted molar refractivity (Wildman–Crippen MR) is 120 cm³/mol. The molecule has 31 heavy (non-hydrogen) atoms. The van der Waals surface area contributed by atoms with E-state index in [2.05, 4.69) is 56.1 Å². The van der Waals surface area contributed by atoms with Gasteiger partial charge in [0.15, 0.2) is 11.5 Å². The van der Waals surface area contributed by atoms with Crippen molar-refractivity contribution < 1.29 is 29.3 Å². The molecular weight excluding hydrogens is 468 g/mol. The average molecular weight is 495 g/mol. The predicted octanol–water partition coefficient (Wildman–Crippen LogP) is 2.94. The molecule has 8 nitrogen and oxygen atoms in total. The Morgan fingerprint density at radius 2 is 1.48 bits per heavy atom. The number of carboxylic acid groups (broad SMARTS) is 2. The fraction of sp³-hybridized carbons (Fsp3) is 0.364. The number of carbonyl (C=O) groups is 2. The molecule has 0 amide bonds. The van der Waals surface area contributed by atoms with Crippen LogP contribution in [0.2, 0.25) is 0 Å². The largest absolute Gasteiger partial charge is 0.493 e.